The van der Waals surface area contributed by atoms with E-state index in [0.717, 1.165) is 37.6 Å². The fourth-order valence-corrected chi connectivity index (χ4v) is 4.39. The molecule has 5 rings (SSSR count). The molecule has 5 heterocycles. The number of aromatic amines is 1. The van der Waals surface area contributed by atoms with Gasteiger partial charge in [0, 0.05) is 37.6 Å². The molecule has 4 aromatic heterocycles. The summed E-state index contributed by atoms with van der Waals surface area (Å²) >= 11 is 0. The van der Waals surface area contributed by atoms with Crippen LogP contribution in [0.1, 0.15) is 36.2 Å². The number of aromatic nitrogens is 7. The van der Waals surface area contributed by atoms with Crippen LogP contribution in [0.3, 0.4) is 0 Å². The maximum absolute atomic E-state index is 13.1. The normalized spacial score (nSPS) is 19.6. The van der Waals surface area contributed by atoms with Gasteiger partial charge in [0.05, 0.1) is 29.5 Å². The van der Waals surface area contributed by atoms with Gasteiger partial charge in [0.1, 0.15) is 0 Å². The van der Waals surface area contributed by atoms with Gasteiger partial charge in [-0.25, -0.2) is 19.9 Å². The van der Waals surface area contributed by atoms with Crippen LogP contribution in [0.2, 0.25) is 0 Å². The summed E-state index contributed by atoms with van der Waals surface area (Å²) in [6.45, 7) is 5.71. The monoisotopic (exact) mass is 442 g/mol. The molecule has 8 nitrogen and oxygen atoms in total. The molecule has 1 aliphatic heterocycles. The molecule has 32 heavy (non-hydrogen) atoms. The van der Waals surface area contributed by atoms with E-state index >= 15 is 0 Å². The Morgan fingerprint density at radius 1 is 1.12 bits per heavy atom. The van der Waals surface area contributed by atoms with Crippen molar-refractivity contribution in [3.05, 3.63) is 54.0 Å². The number of rotatable bonds is 3. The Hall–Kier alpha value is -3.50. The fourth-order valence-electron chi connectivity index (χ4n) is 4.39. The fraction of sp³-hybridized carbons (Fsp3) is 0.381. The second-order valence-electron chi connectivity index (χ2n) is 8.25. The molecule has 0 unspecified atom stereocenters. The number of fused-ring (bicyclic) bond motifs is 1. The Bertz CT molecular complexity index is 1260. The van der Waals surface area contributed by atoms with Crippen molar-refractivity contribution in [2.24, 2.45) is 5.92 Å². The van der Waals surface area contributed by atoms with E-state index in [2.05, 4.69) is 42.0 Å². The minimum atomic E-state index is -4.54. The number of imidazole rings is 1. The second-order valence-corrected chi connectivity index (χ2v) is 8.25. The van der Waals surface area contributed by atoms with Gasteiger partial charge < -0.3 is 4.90 Å². The largest absolute Gasteiger partial charge is 0.434 e. The quantitative estimate of drug-likeness (QED) is 0.518. The van der Waals surface area contributed by atoms with Crippen LogP contribution in [0.4, 0.5) is 19.1 Å². The molecule has 0 bridgehead atoms. The molecular formula is C21H21F3N8. The van der Waals surface area contributed by atoms with Crippen LogP contribution in [0.25, 0.3) is 17.0 Å². The van der Waals surface area contributed by atoms with Gasteiger partial charge in [0.2, 0.25) is 5.95 Å². The second kappa shape index (κ2) is 7.57. The van der Waals surface area contributed by atoms with Crippen LogP contribution < -0.4 is 4.90 Å². The van der Waals surface area contributed by atoms with Gasteiger partial charge in [-0.05, 0) is 30.9 Å². The van der Waals surface area contributed by atoms with E-state index in [9.17, 15) is 13.2 Å². The van der Waals surface area contributed by atoms with Crippen LogP contribution in [0, 0.1) is 12.8 Å². The van der Waals surface area contributed by atoms with Gasteiger partial charge in [0.15, 0.2) is 11.3 Å². The summed E-state index contributed by atoms with van der Waals surface area (Å²) in [5, 5.41) is 7.18. The number of nitrogens with zero attached hydrogens (tertiary/aromatic N) is 7. The molecule has 2 atom stereocenters. The predicted octanol–water partition coefficient (Wildman–Crippen LogP) is 3.87. The number of H-pyrrole nitrogens is 1. The smallest absolute Gasteiger partial charge is 0.340 e. The highest BCUT2D eigenvalue weighted by molar-refractivity contribution is 5.60. The number of nitrogens with one attached hydrogen (secondary N) is 1. The number of aryl methyl sites for hydroxylation is 1. The molecule has 1 N–H and O–H groups in total. The van der Waals surface area contributed by atoms with Gasteiger partial charge in [-0.3, -0.25) is 9.50 Å². The minimum Gasteiger partial charge on any atom is -0.340 e. The number of piperidine rings is 1. The molecule has 0 amide bonds. The van der Waals surface area contributed by atoms with Crippen molar-refractivity contribution in [3.8, 4) is 11.4 Å². The first-order valence-electron chi connectivity index (χ1n) is 10.3. The molecule has 1 saturated heterocycles. The lowest BCUT2D eigenvalue weighted by atomic mass is 9.86. The summed E-state index contributed by atoms with van der Waals surface area (Å²) in [5.74, 6) is 1.26. The molecule has 0 spiro atoms. The van der Waals surface area contributed by atoms with Crippen LogP contribution in [0.15, 0.2) is 37.1 Å². The van der Waals surface area contributed by atoms with E-state index in [-0.39, 0.29) is 0 Å². The first kappa shape index (κ1) is 20.4. The zero-order valence-electron chi connectivity index (χ0n) is 17.5. The predicted molar refractivity (Wildman–Crippen MR) is 111 cm³/mol. The standard InChI is InChI=1S/C21H21F3N8/c1-12-5-14(15-6-28-30-13(15)2)10-31(9-12)20-25-4-3-16(29-20)17-7-27-19-8-26-18(11-32(17)19)21(22,23)24/h3-4,6-8,11-12,14H,5,9-10H2,1-2H3,(H,28,30)/t12-,14+/m0/s1. The molecule has 1 aliphatic rings. The van der Waals surface area contributed by atoms with E-state index in [1.807, 2.05) is 13.1 Å². The summed E-state index contributed by atoms with van der Waals surface area (Å²) in [6.07, 6.45) is 3.62. The zero-order chi connectivity index (χ0) is 22.5. The average Bonchev–Trinajstić information content (AvgIpc) is 3.38. The lowest BCUT2D eigenvalue weighted by molar-refractivity contribution is -0.141. The van der Waals surface area contributed by atoms with Gasteiger partial charge in [-0.15, -0.1) is 0 Å². The first-order valence-corrected chi connectivity index (χ1v) is 10.3. The summed E-state index contributed by atoms with van der Waals surface area (Å²) < 4.78 is 40.8. The Labute approximate surface area is 181 Å². The number of hydrogen-bond donors (Lipinski definition) is 1. The van der Waals surface area contributed by atoms with Crippen molar-refractivity contribution in [2.75, 3.05) is 18.0 Å². The lowest BCUT2D eigenvalue weighted by Gasteiger charge is -2.36. The van der Waals surface area contributed by atoms with Crippen molar-refractivity contribution in [1.82, 2.24) is 34.5 Å². The van der Waals surface area contributed by atoms with Crippen LogP contribution >= 0.6 is 0 Å². The Morgan fingerprint density at radius 2 is 1.97 bits per heavy atom. The highest BCUT2D eigenvalue weighted by Gasteiger charge is 2.33. The number of halogens is 3. The van der Waals surface area contributed by atoms with Gasteiger partial charge in [0.25, 0.3) is 0 Å². The third kappa shape index (κ3) is 3.67. The van der Waals surface area contributed by atoms with Crippen molar-refractivity contribution < 1.29 is 13.2 Å². The molecule has 11 heteroatoms. The molecule has 1 fully saturated rings. The number of hydrogen-bond acceptors (Lipinski definition) is 6. The number of anilines is 1. The van der Waals surface area contributed by atoms with E-state index < -0.39 is 11.9 Å². The molecule has 0 aliphatic carbocycles. The maximum atomic E-state index is 13.1. The van der Waals surface area contributed by atoms with Crippen molar-refractivity contribution in [3.63, 3.8) is 0 Å². The van der Waals surface area contributed by atoms with E-state index in [4.69, 9.17) is 0 Å². The molecule has 166 valence electrons. The van der Waals surface area contributed by atoms with Crippen LogP contribution in [-0.4, -0.2) is 47.6 Å². The first-order chi connectivity index (χ1) is 15.3. The molecule has 0 aromatic carbocycles. The van der Waals surface area contributed by atoms with E-state index in [1.165, 1.54) is 16.2 Å². The SMILES string of the molecule is Cc1n[nH]cc1[C@@H]1C[C@H](C)CN(c2nccc(-c3cnc4cnc(C(F)(F)F)cn34)n2)C1. The highest BCUT2D eigenvalue weighted by atomic mass is 19.4. The summed E-state index contributed by atoms with van der Waals surface area (Å²) in [7, 11) is 0. The van der Waals surface area contributed by atoms with Gasteiger partial charge in [-0.1, -0.05) is 6.92 Å². The summed E-state index contributed by atoms with van der Waals surface area (Å²) in [6, 6.07) is 1.67. The Morgan fingerprint density at radius 3 is 2.72 bits per heavy atom. The van der Waals surface area contributed by atoms with Crippen molar-refractivity contribution >= 4 is 11.6 Å². The van der Waals surface area contributed by atoms with Crippen LogP contribution in [-0.2, 0) is 6.18 Å². The van der Waals surface area contributed by atoms with Crippen molar-refractivity contribution in [1.29, 1.82) is 0 Å². The highest BCUT2D eigenvalue weighted by Crippen LogP contribution is 2.33. The Balaban J connectivity index is 1.49. The minimum absolute atomic E-state index is 0.293. The number of alkyl halides is 3. The van der Waals surface area contributed by atoms with E-state index in [1.54, 1.807) is 12.3 Å². The third-order valence-corrected chi connectivity index (χ3v) is 5.84. The summed E-state index contributed by atoms with van der Waals surface area (Å²) in [4.78, 5) is 18.9. The van der Waals surface area contributed by atoms with Crippen molar-refractivity contribution in [2.45, 2.75) is 32.4 Å². The van der Waals surface area contributed by atoms with Gasteiger partial charge in [-0.2, -0.15) is 18.3 Å². The molecular weight excluding hydrogens is 421 g/mol. The Kier molecular flexibility index (Phi) is 4.83. The topological polar surface area (TPSA) is 87.9 Å². The average molecular weight is 442 g/mol. The maximum Gasteiger partial charge on any atom is 0.434 e. The summed E-state index contributed by atoms with van der Waals surface area (Å²) in [5.41, 5.74) is 2.45. The van der Waals surface area contributed by atoms with E-state index in [0.29, 0.717) is 34.8 Å². The lowest BCUT2D eigenvalue weighted by Crippen LogP contribution is -2.39. The van der Waals surface area contributed by atoms with Crippen LogP contribution in [0.5, 0.6) is 0 Å². The molecule has 0 radical (unpaired) electrons. The van der Waals surface area contributed by atoms with Gasteiger partial charge >= 0.3 is 6.18 Å². The molecule has 0 saturated carbocycles. The molecule has 4 aromatic rings. The zero-order valence-corrected chi connectivity index (χ0v) is 17.5. The third-order valence-electron chi connectivity index (χ3n) is 5.84.